The Kier molecular flexibility index (Phi) is 4.67. The van der Waals surface area contributed by atoms with Crippen LogP contribution in [0, 0.1) is 5.92 Å². The van der Waals surface area contributed by atoms with E-state index in [0.29, 0.717) is 29.2 Å². The number of Topliss-reactive ketones (excluding diaryl/α,β-unsaturated/α-hetero) is 1. The van der Waals surface area contributed by atoms with Crippen molar-refractivity contribution in [2.75, 3.05) is 6.54 Å². The molecule has 1 aliphatic carbocycles. The fourth-order valence-electron chi connectivity index (χ4n) is 2.85. The summed E-state index contributed by atoms with van der Waals surface area (Å²) in [5.74, 6) is 0.124. The van der Waals surface area contributed by atoms with Crippen molar-refractivity contribution < 1.29 is 9.59 Å². The van der Waals surface area contributed by atoms with Gasteiger partial charge in [-0.15, -0.1) is 0 Å². The first-order valence-electron chi connectivity index (χ1n) is 7.83. The van der Waals surface area contributed by atoms with Crippen LogP contribution in [0.5, 0.6) is 0 Å². The van der Waals surface area contributed by atoms with Gasteiger partial charge in [-0.3, -0.25) is 9.59 Å². The van der Waals surface area contributed by atoms with Crippen molar-refractivity contribution in [1.29, 1.82) is 0 Å². The third-order valence-electron chi connectivity index (χ3n) is 4.22. The maximum Gasteiger partial charge on any atom is 0.254 e. The molecule has 0 saturated heterocycles. The number of rotatable bonds is 4. The van der Waals surface area contributed by atoms with E-state index in [0.717, 1.165) is 10.0 Å². The molecule has 3 nitrogen and oxygen atoms in total. The average molecular weight is 384 g/mol. The number of hydrogen-bond acceptors (Lipinski definition) is 2. The van der Waals surface area contributed by atoms with Crippen LogP contribution in [-0.4, -0.2) is 23.1 Å². The zero-order chi connectivity index (χ0) is 17.3. The minimum Gasteiger partial charge on any atom is -0.330 e. The van der Waals surface area contributed by atoms with Gasteiger partial charge in [0.15, 0.2) is 5.78 Å². The highest BCUT2D eigenvalue weighted by atomic mass is 79.9. The van der Waals surface area contributed by atoms with Crippen LogP contribution in [0.1, 0.15) is 22.8 Å². The van der Waals surface area contributed by atoms with Gasteiger partial charge in [-0.2, -0.15) is 0 Å². The molecule has 4 heteroatoms. The Morgan fingerprint density at radius 3 is 2.92 bits per heavy atom. The topological polar surface area (TPSA) is 37.4 Å². The van der Waals surface area contributed by atoms with Crippen LogP contribution in [0.25, 0.3) is 0 Å². The largest absolute Gasteiger partial charge is 0.330 e. The molecular weight excluding hydrogens is 366 g/mol. The van der Waals surface area contributed by atoms with Crippen LogP contribution in [0.2, 0.25) is 0 Å². The van der Waals surface area contributed by atoms with Gasteiger partial charge in [0.25, 0.3) is 5.91 Å². The first kappa shape index (κ1) is 16.7. The van der Waals surface area contributed by atoms with E-state index in [1.807, 2.05) is 42.5 Å². The maximum absolute atomic E-state index is 12.6. The number of halogens is 1. The Balaban J connectivity index is 1.72. The normalized spacial score (nSPS) is 19.1. The molecule has 1 heterocycles. The molecule has 1 atom stereocenters. The van der Waals surface area contributed by atoms with Crippen LogP contribution < -0.4 is 0 Å². The van der Waals surface area contributed by atoms with Crippen molar-refractivity contribution in [3.8, 4) is 0 Å². The number of allylic oxidation sites excluding steroid dienone is 6. The predicted octanol–water partition coefficient (Wildman–Crippen LogP) is 4.22. The predicted molar refractivity (Wildman–Crippen MR) is 98.6 cm³/mol. The van der Waals surface area contributed by atoms with Gasteiger partial charge in [-0.25, -0.2) is 0 Å². The first-order valence-corrected chi connectivity index (χ1v) is 8.62. The van der Waals surface area contributed by atoms with Crippen LogP contribution in [0.3, 0.4) is 0 Å². The lowest BCUT2D eigenvalue weighted by atomic mass is 10.0. The summed E-state index contributed by atoms with van der Waals surface area (Å²) >= 11 is 3.48. The molecule has 1 amide bonds. The molecule has 2 aliphatic rings. The molecule has 0 spiro atoms. The maximum atomic E-state index is 12.6. The van der Waals surface area contributed by atoms with Crippen molar-refractivity contribution in [2.24, 2.45) is 5.92 Å². The number of hydrogen-bond donors (Lipinski definition) is 0. The van der Waals surface area contributed by atoms with Gasteiger partial charge < -0.3 is 4.90 Å². The van der Waals surface area contributed by atoms with E-state index in [2.05, 4.69) is 29.4 Å². The lowest BCUT2D eigenvalue weighted by Gasteiger charge is -2.17. The van der Waals surface area contributed by atoms with Gasteiger partial charge in [0.05, 0.1) is 0 Å². The number of amides is 1. The van der Waals surface area contributed by atoms with E-state index in [9.17, 15) is 9.59 Å². The highest BCUT2D eigenvalue weighted by Gasteiger charge is 2.30. The summed E-state index contributed by atoms with van der Waals surface area (Å²) in [7, 11) is 0. The molecule has 0 radical (unpaired) electrons. The number of carbonyl (C=O) groups excluding carboxylic acids is 2. The van der Waals surface area contributed by atoms with Crippen molar-refractivity contribution in [2.45, 2.75) is 13.5 Å². The molecule has 0 bridgehead atoms. The first-order chi connectivity index (χ1) is 11.5. The quantitative estimate of drug-likeness (QED) is 0.729. The second kappa shape index (κ2) is 6.73. The summed E-state index contributed by atoms with van der Waals surface area (Å²) in [6, 6.07) is 5.58. The van der Waals surface area contributed by atoms with Crippen molar-refractivity contribution in [3.05, 3.63) is 81.9 Å². The van der Waals surface area contributed by atoms with Crippen molar-refractivity contribution in [3.63, 3.8) is 0 Å². The van der Waals surface area contributed by atoms with E-state index in [-0.39, 0.29) is 18.2 Å². The molecule has 0 aromatic heterocycles. The molecule has 0 fully saturated rings. The Hall–Kier alpha value is -2.20. The SMILES string of the molecule is C=C(CN1Cc2c(Br)cccc2C1=O)C(=O)C1=CC=CC(C)C=C1. The second-order valence-electron chi connectivity index (χ2n) is 6.08. The Morgan fingerprint density at radius 1 is 1.38 bits per heavy atom. The molecule has 1 aromatic rings. The number of fused-ring (bicyclic) bond motifs is 1. The van der Waals surface area contributed by atoms with Crippen molar-refractivity contribution >= 4 is 27.6 Å². The summed E-state index contributed by atoms with van der Waals surface area (Å²) in [6.07, 6.45) is 9.52. The Labute approximate surface area is 150 Å². The Bertz CT molecular complexity index is 817. The fraction of sp³-hybridized carbons (Fsp3) is 0.200. The van der Waals surface area contributed by atoms with Gasteiger partial charge in [0.1, 0.15) is 0 Å². The van der Waals surface area contributed by atoms with Crippen LogP contribution in [0.15, 0.2) is 70.8 Å². The molecule has 0 N–H and O–H groups in total. The van der Waals surface area contributed by atoms with Gasteiger partial charge in [0, 0.05) is 34.3 Å². The second-order valence-corrected chi connectivity index (χ2v) is 6.94. The summed E-state index contributed by atoms with van der Waals surface area (Å²) in [4.78, 5) is 26.7. The zero-order valence-electron chi connectivity index (χ0n) is 13.5. The Morgan fingerprint density at radius 2 is 2.17 bits per heavy atom. The van der Waals surface area contributed by atoms with E-state index in [1.165, 1.54) is 0 Å². The van der Waals surface area contributed by atoms with E-state index < -0.39 is 0 Å². The lowest BCUT2D eigenvalue weighted by molar-refractivity contribution is -0.112. The highest BCUT2D eigenvalue weighted by Crippen LogP contribution is 2.30. The van der Waals surface area contributed by atoms with Crippen molar-refractivity contribution in [1.82, 2.24) is 4.90 Å². The monoisotopic (exact) mass is 383 g/mol. The number of nitrogens with zero attached hydrogens (tertiary/aromatic N) is 1. The molecule has 24 heavy (non-hydrogen) atoms. The highest BCUT2D eigenvalue weighted by molar-refractivity contribution is 9.10. The number of ketones is 1. The minimum atomic E-state index is -0.118. The van der Waals surface area contributed by atoms with Gasteiger partial charge in [-0.05, 0) is 23.6 Å². The molecule has 1 aliphatic heterocycles. The van der Waals surface area contributed by atoms with Gasteiger partial charge >= 0.3 is 0 Å². The summed E-state index contributed by atoms with van der Waals surface area (Å²) in [5, 5.41) is 0. The third kappa shape index (κ3) is 3.20. The minimum absolute atomic E-state index is 0.0563. The van der Waals surface area contributed by atoms with Crippen LogP contribution in [0.4, 0.5) is 0 Å². The standard InChI is InChI=1S/C20H18BrNO2/c1-13-5-3-6-15(10-9-13)19(23)14(2)11-22-12-17-16(20(22)24)7-4-8-18(17)21/h3-10,13H,2,11-12H2,1H3. The number of benzene rings is 1. The van der Waals surface area contributed by atoms with Gasteiger partial charge in [0.2, 0.25) is 0 Å². The summed E-state index contributed by atoms with van der Waals surface area (Å²) in [6.45, 7) is 6.70. The van der Waals surface area contributed by atoms with Gasteiger partial charge in [-0.1, -0.05) is 65.9 Å². The van der Waals surface area contributed by atoms with E-state index in [1.54, 1.807) is 11.0 Å². The zero-order valence-corrected chi connectivity index (χ0v) is 15.0. The molecule has 1 unspecified atom stereocenters. The summed E-state index contributed by atoms with van der Waals surface area (Å²) in [5.41, 5.74) is 2.68. The third-order valence-corrected chi connectivity index (χ3v) is 4.96. The fourth-order valence-corrected chi connectivity index (χ4v) is 3.34. The molecule has 3 rings (SSSR count). The molecular formula is C20H18BrNO2. The average Bonchev–Trinajstić information content (AvgIpc) is 2.73. The van der Waals surface area contributed by atoms with E-state index >= 15 is 0 Å². The smallest absolute Gasteiger partial charge is 0.254 e. The summed E-state index contributed by atoms with van der Waals surface area (Å²) < 4.78 is 0.918. The van der Waals surface area contributed by atoms with Crippen LogP contribution in [-0.2, 0) is 11.3 Å². The van der Waals surface area contributed by atoms with Crippen LogP contribution >= 0.6 is 15.9 Å². The number of carbonyl (C=O) groups is 2. The molecule has 1 aromatic carbocycles. The molecule has 0 saturated carbocycles. The molecule has 122 valence electrons. The van der Waals surface area contributed by atoms with E-state index in [4.69, 9.17) is 0 Å². The lowest BCUT2D eigenvalue weighted by Crippen LogP contribution is -2.28.